The highest BCUT2D eigenvalue weighted by Gasteiger charge is 2.28. The molecule has 1 heterocycles. The largest absolute Gasteiger partial charge is 0.476 e. The Hall–Kier alpha value is -1.52. The van der Waals surface area contributed by atoms with Gasteiger partial charge < -0.3 is 15.8 Å². The van der Waals surface area contributed by atoms with Crippen LogP contribution in [0.3, 0.4) is 0 Å². The van der Waals surface area contributed by atoms with E-state index in [9.17, 15) is 0 Å². The van der Waals surface area contributed by atoms with E-state index >= 15 is 0 Å². The van der Waals surface area contributed by atoms with Crippen molar-refractivity contribution in [3.8, 4) is 5.88 Å². The number of hydrogen-bond donors (Lipinski definition) is 2. The first-order valence-corrected chi connectivity index (χ1v) is 7.51. The smallest absolute Gasteiger partial charge is 0.242 e. The van der Waals surface area contributed by atoms with Crippen molar-refractivity contribution in [2.45, 2.75) is 46.5 Å². The molecule has 5 nitrogen and oxygen atoms in total. The van der Waals surface area contributed by atoms with Crippen molar-refractivity contribution in [2.24, 2.45) is 11.8 Å². The van der Waals surface area contributed by atoms with Crippen LogP contribution in [0.4, 0.5) is 11.5 Å². The van der Waals surface area contributed by atoms with Gasteiger partial charge in [0, 0.05) is 12.5 Å². The van der Waals surface area contributed by atoms with Gasteiger partial charge in [0.15, 0.2) is 5.82 Å². The molecule has 3 N–H and O–H groups in total. The number of nitrogens with one attached hydrogen (secondary N) is 1. The zero-order chi connectivity index (χ0) is 14.7. The van der Waals surface area contributed by atoms with Gasteiger partial charge in [-0.2, -0.15) is 4.98 Å². The van der Waals surface area contributed by atoms with Crippen LogP contribution >= 0.6 is 0 Å². The monoisotopic (exact) mass is 278 g/mol. The third-order valence-electron chi connectivity index (χ3n) is 3.10. The highest BCUT2D eigenvalue weighted by Crippen LogP contribution is 2.40. The molecule has 0 amide bonds. The predicted octanol–water partition coefficient (Wildman–Crippen LogP) is 3.04. The first-order chi connectivity index (χ1) is 9.47. The first-order valence-electron chi connectivity index (χ1n) is 7.51. The van der Waals surface area contributed by atoms with Crippen molar-refractivity contribution in [1.82, 2.24) is 9.97 Å². The molecule has 5 heteroatoms. The molecule has 0 aliphatic heterocycles. The minimum atomic E-state index is 0.445. The van der Waals surface area contributed by atoms with Gasteiger partial charge in [0.05, 0.1) is 6.61 Å². The Balaban J connectivity index is 2.19. The van der Waals surface area contributed by atoms with Gasteiger partial charge in [-0.05, 0) is 24.7 Å². The summed E-state index contributed by atoms with van der Waals surface area (Å²) in [6.07, 6.45) is 2.33. The van der Waals surface area contributed by atoms with E-state index in [1.807, 2.05) is 0 Å². The lowest BCUT2D eigenvalue weighted by atomic mass is 10.2. The molecule has 0 bridgehead atoms. The molecule has 1 aromatic rings. The van der Waals surface area contributed by atoms with Gasteiger partial charge in [-0.3, -0.25) is 0 Å². The third-order valence-corrected chi connectivity index (χ3v) is 3.10. The van der Waals surface area contributed by atoms with Gasteiger partial charge in [0.25, 0.3) is 0 Å². The van der Waals surface area contributed by atoms with Gasteiger partial charge >= 0.3 is 0 Å². The average molecular weight is 278 g/mol. The average Bonchev–Trinajstić information content (AvgIpc) is 3.20. The molecule has 112 valence electrons. The molecule has 0 atom stereocenters. The van der Waals surface area contributed by atoms with E-state index in [1.165, 1.54) is 0 Å². The topological polar surface area (TPSA) is 73.1 Å². The number of anilines is 2. The summed E-state index contributed by atoms with van der Waals surface area (Å²) in [6.45, 7) is 9.99. The molecule has 20 heavy (non-hydrogen) atoms. The van der Waals surface area contributed by atoms with Crippen LogP contribution in [0.25, 0.3) is 0 Å². The summed E-state index contributed by atoms with van der Waals surface area (Å²) in [5, 5.41) is 3.31. The molecule has 0 spiro atoms. The fraction of sp³-hybridized carbons (Fsp3) is 0.733. The van der Waals surface area contributed by atoms with E-state index < -0.39 is 0 Å². The molecular weight excluding hydrogens is 252 g/mol. The Morgan fingerprint density at radius 3 is 2.45 bits per heavy atom. The third kappa shape index (κ3) is 3.99. The minimum Gasteiger partial charge on any atom is -0.476 e. The molecular formula is C15H26N4O. The van der Waals surface area contributed by atoms with Crippen LogP contribution in [-0.4, -0.2) is 23.1 Å². The molecule has 1 aliphatic rings. The number of nitrogen functional groups attached to an aromatic ring is 1. The highest BCUT2D eigenvalue weighted by atomic mass is 16.5. The Morgan fingerprint density at radius 2 is 1.90 bits per heavy atom. The van der Waals surface area contributed by atoms with E-state index in [0.717, 1.165) is 25.2 Å². The van der Waals surface area contributed by atoms with Crippen molar-refractivity contribution in [3.63, 3.8) is 0 Å². The van der Waals surface area contributed by atoms with Crippen molar-refractivity contribution < 1.29 is 4.74 Å². The van der Waals surface area contributed by atoms with Crippen LogP contribution in [0.2, 0.25) is 0 Å². The summed E-state index contributed by atoms with van der Waals surface area (Å²) in [5.41, 5.74) is 6.66. The highest BCUT2D eigenvalue weighted by molar-refractivity contribution is 5.67. The maximum Gasteiger partial charge on any atom is 0.242 e. The van der Waals surface area contributed by atoms with E-state index in [0.29, 0.717) is 41.7 Å². The minimum absolute atomic E-state index is 0.445. The van der Waals surface area contributed by atoms with E-state index in [4.69, 9.17) is 10.5 Å². The van der Waals surface area contributed by atoms with E-state index in [2.05, 4.69) is 43.0 Å². The quantitative estimate of drug-likeness (QED) is 0.802. The van der Waals surface area contributed by atoms with Crippen LogP contribution < -0.4 is 15.8 Å². The van der Waals surface area contributed by atoms with Crippen LogP contribution in [0, 0.1) is 11.8 Å². The second-order valence-electron chi connectivity index (χ2n) is 6.40. The molecule has 0 radical (unpaired) electrons. The summed E-state index contributed by atoms with van der Waals surface area (Å²) in [4.78, 5) is 9.06. The van der Waals surface area contributed by atoms with Crippen molar-refractivity contribution in [1.29, 1.82) is 0 Å². The summed E-state index contributed by atoms with van der Waals surface area (Å²) >= 11 is 0. The van der Waals surface area contributed by atoms with Crippen LogP contribution in [0.1, 0.15) is 52.3 Å². The van der Waals surface area contributed by atoms with Crippen molar-refractivity contribution in [2.75, 3.05) is 24.2 Å². The zero-order valence-electron chi connectivity index (χ0n) is 12.9. The molecule has 1 saturated carbocycles. The summed E-state index contributed by atoms with van der Waals surface area (Å²) < 4.78 is 5.75. The molecule has 1 fully saturated rings. The Labute approximate surface area is 121 Å². The normalized spacial score (nSPS) is 14.9. The Kier molecular flexibility index (Phi) is 4.68. The second-order valence-corrected chi connectivity index (χ2v) is 6.40. The lowest BCUT2D eigenvalue weighted by Gasteiger charge is -2.16. The molecule has 1 aromatic heterocycles. The number of aromatic nitrogens is 2. The van der Waals surface area contributed by atoms with Gasteiger partial charge in [-0.1, -0.05) is 27.7 Å². The molecule has 2 rings (SSSR count). The van der Waals surface area contributed by atoms with Crippen molar-refractivity contribution >= 4 is 11.5 Å². The van der Waals surface area contributed by atoms with Gasteiger partial charge in [-0.25, -0.2) is 4.98 Å². The fourth-order valence-electron chi connectivity index (χ4n) is 1.78. The number of nitrogens with two attached hydrogens (primary N) is 1. The molecule has 1 aliphatic carbocycles. The standard InChI is InChI=1S/C15H26N4O/c1-9(2)7-17-14-12(16)15(20-8-10(3)4)19-13(18-14)11-5-6-11/h9-11H,5-8,16H2,1-4H3,(H,17,18,19). The maximum absolute atomic E-state index is 6.13. The van der Waals surface area contributed by atoms with E-state index in [-0.39, 0.29) is 0 Å². The molecule has 0 aromatic carbocycles. The number of rotatable bonds is 7. The molecule has 0 unspecified atom stereocenters. The van der Waals surface area contributed by atoms with Crippen LogP contribution in [-0.2, 0) is 0 Å². The maximum atomic E-state index is 6.13. The SMILES string of the molecule is CC(C)CNc1nc(C2CC2)nc(OCC(C)C)c1N. The lowest BCUT2D eigenvalue weighted by Crippen LogP contribution is -2.15. The van der Waals surface area contributed by atoms with Gasteiger partial charge in [0.2, 0.25) is 5.88 Å². The summed E-state index contributed by atoms with van der Waals surface area (Å²) in [6, 6.07) is 0. The Morgan fingerprint density at radius 1 is 1.20 bits per heavy atom. The zero-order valence-corrected chi connectivity index (χ0v) is 12.9. The fourth-order valence-corrected chi connectivity index (χ4v) is 1.78. The van der Waals surface area contributed by atoms with Crippen LogP contribution in [0.15, 0.2) is 0 Å². The van der Waals surface area contributed by atoms with Crippen LogP contribution in [0.5, 0.6) is 5.88 Å². The Bertz CT molecular complexity index is 422. The van der Waals surface area contributed by atoms with Crippen molar-refractivity contribution in [3.05, 3.63) is 5.82 Å². The van der Waals surface area contributed by atoms with Gasteiger partial charge in [-0.15, -0.1) is 0 Å². The second kappa shape index (κ2) is 6.29. The van der Waals surface area contributed by atoms with Gasteiger partial charge in [0.1, 0.15) is 11.5 Å². The molecule has 0 saturated heterocycles. The van der Waals surface area contributed by atoms with E-state index in [1.54, 1.807) is 0 Å². The number of hydrogen-bond acceptors (Lipinski definition) is 5. The predicted molar refractivity (Wildman–Crippen MR) is 82.1 cm³/mol. The summed E-state index contributed by atoms with van der Waals surface area (Å²) in [5.74, 6) is 3.58. The number of nitrogens with zero attached hydrogens (tertiary/aromatic N) is 2. The summed E-state index contributed by atoms with van der Waals surface area (Å²) in [7, 11) is 0. The first kappa shape index (κ1) is 14.9. The number of ether oxygens (including phenoxy) is 1. The lowest BCUT2D eigenvalue weighted by molar-refractivity contribution is 0.262.